The molecule has 0 radical (unpaired) electrons. The molecule has 2 nitrogen and oxygen atoms in total. The Morgan fingerprint density at radius 2 is 1.72 bits per heavy atom. The zero-order valence-corrected chi connectivity index (χ0v) is 10.2. The standard InChI is InChI=1S/C16H16N2/c17-10-9-14-12-15-8-4-5-11-18(15)16(14)13-6-2-1-3-7-13/h1-8,11-12H,9-10,17H2. The minimum atomic E-state index is 0.677. The molecule has 0 unspecified atom stereocenters. The van der Waals surface area contributed by atoms with E-state index in [1.807, 2.05) is 6.07 Å². The Morgan fingerprint density at radius 3 is 2.50 bits per heavy atom. The highest BCUT2D eigenvalue weighted by Crippen LogP contribution is 2.27. The summed E-state index contributed by atoms with van der Waals surface area (Å²) in [6.45, 7) is 0.677. The highest BCUT2D eigenvalue weighted by atomic mass is 14.9. The average Bonchev–Trinajstić information content (AvgIpc) is 2.78. The largest absolute Gasteiger partial charge is 0.330 e. The molecule has 0 amide bonds. The van der Waals surface area contributed by atoms with E-state index in [0.717, 1.165) is 6.42 Å². The number of hydrogen-bond donors (Lipinski definition) is 1. The second-order valence-electron chi connectivity index (χ2n) is 4.42. The molecule has 3 aromatic rings. The first-order chi connectivity index (χ1) is 8.90. The number of fused-ring (bicyclic) bond motifs is 1. The lowest BCUT2D eigenvalue weighted by Gasteiger charge is -2.06. The van der Waals surface area contributed by atoms with Crippen molar-refractivity contribution in [1.29, 1.82) is 0 Å². The smallest absolute Gasteiger partial charge is 0.0561 e. The summed E-state index contributed by atoms with van der Waals surface area (Å²) >= 11 is 0. The fraction of sp³-hybridized carbons (Fsp3) is 0.125. The van der Waals surface area contributed by atoms with Crippen LogP contribution in [0.4, 0.5) is 0 Å². The van der Waals surface area contributed by atoms with Crippen LogP contribution < -0.4 is 5.73 Å². The van der Waals surface area contributed by atoms with Crippen LogP contribution in [0.3, 0.4) is 0 Å². The normalized spacial score (nSPS) is 10.9. The first kappa shape index (κ1) is 11.1. The molecule has 0 bridgehead atoms. The van der Waals surface area contributed by atoms with Crippen LogP contribution in [0.25, 0.3) is 16.8 Å². The van der Waals surface area contributed by atoms with E-state index in [9.17, 15) is 0 Å². The quantitative estimate of drug-likeness (QED) is 0.744. The topological polar surface area (TPSA) is 30.4 Å². The SMILES string of the molecule is NCCc1cc2ccccn2c1-c1ccccc1. The van der Waals surface area contributed by atoms with Crippen LogP contribution in [0.15, 0.2) is 60.8 Å². The van der Waals surface area contributed by atoms with Crippen molar-refractivity contribution in [3.63, 3.8) is 0 Å². The maximum absolute atomic E-state index is 5.72. The van der Waals surface area contributed by atoms with Crippen LogP contribution in [-0.4, -0.2) is 10.9 Å². The van der Waals surface area contributed by atoms with Crippen LogP contribution in [-0.2, 0) is 6.42 Å². The fourth-order valence-electron chi connectivity index (χ4n) is 2.45. The van der Waals surface area contributed by atoms with E-state index >= 15 is 0 Å². The van der Waals surface area contributed by atoms with Crippen molar-refractivity contribution in [2.75, 3.05) is 6.54 Å². The van der Waals surface area contributed by atoms with Crippen molar-refractivity contribution in [2.45, 2.75) is 6.42 Å². The predicted octanol–water partition coefficient (Wildman–Crippen LogP) is 3.11. The summed E-state index contributed by atoms with van der Waals surface area (Å²) in [5.41, 5.74) is 10.8. The van der Waals surface area contributed by atoms with Crippen molar-refractivity contribution in [3.05, 3.63) is 66.4 Å². The summed E-state index contributed by atoms with van der Waals surface area (Å²) in [6, 6.07) is 19.0. The second-order valence-corrected chi connectivity index (χ2v) is 4.42. The maximum Gasteiger partial charge on any atom is 0.0561 e. The van der Waals surface area contributed by atoms with Crippen LogP contribution >= 0.6 is 0 Å². The van der Waals surface area contributed by atoms with Gasteiger partial charge in [0.2, 0.25) is 0 Å². The molecule has 3 rings (SSSR count). The maximum atomic E-state index is 5.72. The van der Waals surface area contributed by atoms with Gasteiger partial charge in [-0.25, -0.2) is 0 Å². The Hall–Kier alpha value is -2.06. The highest BCUT2D eigenvalue weighted by molar-refractivity contribution is 5.71. The Balaban J connectivity index is 2.28. The minimum absolute atomic E-state index is 0.677. The number of pyridine rings is 1. The lowest BCUT2D eigenvalue weighted by atomic mass is 10.1. The molecule has 0 atom stereocenters. The van der Waals surface area contributed by atoms with Gasteiger partial charge in [0.05, 0.1) is 5.69 Å². The Labute approximate surface area is 107 Å². The van der Waals surface area contributed by atoms with E-state index in [2.05, 4.69) is 59.1 Å². The third kappa shape index (κ3) is 1.81. The zero-order valence-electron chi connectivity index (χ0n) is 10.2. The summed E-state index contributed by atoms with van der Waals surface area (Å²) in [6.07, 6.45) is 3.02. The molecule has 2 heterocycles. The van der Waals surface area contributed by atoms with Crippen molar-refractivity contribution < 1.29 is 0 Å². The van der Waals surface area contributed by atoms with Crippen molar-refractivity contribution in [1.82, 2.24) is 4.40 Å². The van der Waals surface area contributed by atoms with Crippen LogP contribution in [0.5, 0.6) is 0 Å². The lowest BCUT2D eigenvalue weighted by Crippen LogP contribution is -2.03. The van der Waals surface area contributed by atoms with Crippen molar-refractivity contribution in [2.24, 2.45) is 5.73 Å². The van der Waals surface area contributed by atoms with E-state index in [1.165, 1.54) is 22.3 Å². The first-order valence-electron chi connectivity index (χ1n) is 6.24. The Kier molecular flexibility index (Phi) is 2.87. The Bertz CT molecular complexity index is 653. The van der Waals surface area contributed by atoms with Gasteiger partial charge in [-0.3, -0.25) is 0 Å². The van der Waals surface area contributed by atoms with E-state index < -0.39 is 0 Å². The molecule has 18 heavy (non-hydrogen) atoms. The lowest BCUT2D eigenvalue weighted by molar-refractivity contribution is 0.969. The van der Waals surface area contributed by atoms with Gasteiger partial charge in [-0.1, -0.05) is 36.4 Å². The third-order valence-electron chi connectivity index (χ3n) is 3.22. The Morgan fingerprint density at radius 1 is 0.944 bits per heavy atom. The van der Waals surface area contributed by atoms with Gasteiger partial charge < -0.3 is 10.1 Å². The molecule has 0 fully saturated rings. The number of hydrogen-bond acceptors (Lipinski definition) is 1. The predicted molar refractivity (Wildman–Crippen MR) is 75.6 cm³/mol. The molecular weight excluding hydrogens is 220 g/mol. The summed E-state index contributed by atoms with van der Waals surface area (Å²) in [5, 5.41) is 0. The van der Waals surface area contributed by atoms with Gasteiger partial charge in [0.25, 0.3) is 0 Å². The zero-order chi connectivity index (χ0) is 12.4. The molecule has 90 valence electrons. The molecule has 0 aliphatic heterocycles. The van der Waals surface area contributed by atoms with Crippen LogP contribution in [0.1, 0.15) is 5.56 Å². The van der Waals surface area contributed by atoms with Crippen molar-refractivity contribution in [3.8, 4) is 11.3 Å². The molecule has 0 spiro atoms. The van der Waals surface area contributed by atoms with Gasteiger partial charge in [0.1, 0.15) is 0 Å². The summed E-state index contributed by atoms with van der Waals surface area (Å²) in [7, 11) is 0. The van der Waals surface area contributed by atoms with Crippen molar-refractivity contribution >= 4 is 5.52 Å². The number of aromatic nitrogens is 1. The van der Waals surface area contributed by atoms with E-state index in [4.69, 9.17) is 5.73 Å². The second kappa shape index (κ2) is 4.67. The first-order valence-corrected chi connectivity index (χ1v) is 6.24. The molecule has 0 aliphatic carbocycles. The highest BCUT2D eigenvalue weighted by Gasteiger charge is 2.10. The summed E-state index contributed by atoms with van der Waals surface area (Å²) in [5.74, 6) is 0. The molecule has 2 aromatic heterocycles. The van der Waals surface area contributed by atoms with E-state index in [0.29, 0.717) is 6.54 Å². The van der Waals surface area contributed by atoms with Crippen LogP contribution in [0.2, 0.25) is 0 Å². The number of rotatable bonds is 3. The third-order valence-corrected chi connectivity index (χ3v) is 3.22. The van der Waals surface area contributed by atoms with Gasteiger partial charge in [0, 0.05) is 11.7 Å². The number of benzene rings is 1. The van der Waals surface area contributed by atoms with E-state index in [-0.39, 0.29) is 0 Å². The average molecular weight is 236 g/mol. The van der Waals surface area contributed by atoms with Gasteiger partial charge >= 0.3 is 0 Å². The van der Waals surface area contributed by atoms with Gasteiger partial charge in [-0.2, -0.15) is 0 Å². The van der Waals surface area contributed by atoms with Gasteiger partial charge in [-0.05, 0) is 42.3 Å². The summed E-state index contributed by atoms with van der Waals surface area (Å²) in [4.78, 5) is 0. The molecule has 0 saturated heterocycles. The summed E-state index contributed by atoms with van der Waals surface area (Å²) < 4.78 is 2.24. The number of nitrogens with zero attached hydrogens (tertiary/aromatic N) is 1. The molecule has 2 N–H and O–H groups in total. The minimum Gasteiger partial charge on any atom is -0.330 e. The molecule has 2 heteroatoms. The van der Waals surface area contributed by atoms with Gasteiger partial charge in [-0.15, -0.1) is 0 Å². The molecular formula is C16H16N2. The van der Waals surface area contributed by atoms with Crippen LogP contribution in [0, 0.1) is 0 Å². The molecule has 0 aliphatic rings. The molecule has 0 saturated carbocycles. The molecule has 1 aromatic carbocycles. The monoisotopic (exact) mass is 236 g/mol. The van der Waals surface area contributed by atoms with Gasteiger partial charge in [0.15, 0.2) is 0 Å². The fourth-order valence-corrected chi connectivity index (χ4v) is 2.45. The van der Waals surface area contributed by atoms with E-state index in [1.54, 1.807) is 0 Å². The number of nitrogens with two attached hydrogens (primary N) is 1.